The number of carbonyl (C=O) groups is 2. The second-order valence-electron chi connectivity index (χ2n) is 7.42. The second-order valence-corrected chi connectivity index (χ2v) is 10.7. The third-order valence-corrected chi connectivity index (χ3v) is 6.98. The van der Waals surface area contributed by atoms with E-state index in [-0.39, 0.29) is 18.1 Å². The molecule has 0 spiro atoms. The number of sulfonamides is 1. The normalized spacial score (nSPS) is 12.2. The summed E-state index contributed by atoms with van der Waals surface area (Å²) in [4.78, 5) is 27.2. The van der Waals surface area contributed by atoms with Gasteiger partial charge in [0, 0.05) is 22.6 Å². The summed E-state index contributed by atoms with van der Waals surface area (Å²) in [5.41, 5.74) is 1.88. The van der Waals surface area contributed by atoms with Crippen molar-refractivity contribution in [1.82, 2.24) is 10.2 Å². The third kappa shape index (κ3) is 6.95. The van der Waals surface area contributed by atoms with Crippen molar-refractivity contribution in [3.8, 4) is 0 Å². The first-order chi connectivity index (χ1) is 14.9. The molecule has 0 fully saturated rings. The lowest BCUT2D eigenvalue weighted by Crippen LogP contribution is -2.51. The number of rotatable bonds is 9. The molecule has 0 saturated heterocycles. The van der Waals surface area contributed by atoms with Gasteiger partial charge in [-0.05, 0) is 56.2 Å². The molecule has 0 aromatic heterocycles. The maximum atomic E-state index is 13.3. The largest absolute Gasteiger partial charge is 0.355 e. The summed E-state index contributed by atoms with van der Waals surface area (Å²) in [7, 11) is -3.79. The van der Waals surface area contributed by atoms with E-state index in [4.69, 9.17) is 11.6 Å². The molecule has 0 aliphatic rings. The molecular weight excluding hydrogens is 518 g/mol. The first-order valence-electron chi connectivity index (χ1n) is 9.99. The maximum absolute atomic E-state index is 13.3. The number of halogens is 2. The van der Waals surface area contributed by atoms with Crippen LogP contribution in [0.1, 0.15) is 25.0 Å². The van der Waals surface area contributed by atoms with Crippen molar-refractivity contribution in [3.05, 3.63) is 63.1 Å². The number of aryl methyl sites for hydroxylation is 1. The van der Waals surface area contributed by atoms with Gasteiger partial charge >= 0.3 is 0 Å². The van der Waals surface area contributed by atoms with Crippen molar-refractivity contribution < 1.29 is 18.0 Å². The van der Waals surface area contributed by atoms with Gasteiger partial charge in [0.2, 0.25) is 21.8 Å². The van der Waals surface area contributed by atoms with Gasteiger partial charge in [0.25, 0.3) is 0 Å². The van der Waals surface area contributed by atoms with Crippen LogP contribution in [0, 0.1) is 6.92 Å². The summed E-state index contributed by atoms with van der Waals surface area (Å²) >= 11 is 9.56. The van der Waals surface area contributed by atoms with E-state index in [9.17, 15) is 18.0 Å². The average molecular weight is 545 g/mol. The van der Waals surface area contributed by atoms with Crippen molar-refractivity contribution in [1.29, 1.82) is 0 Å². The number of nitrogens with zero attached hydrogens (tertiary/aromatic N) is 2. The number of carbonyl (C=O) groups excluding carboxylic acids is 2. The minimum absolute atomic E-state index is 0.149. The van der Waals surface area contributed by atoms with E-state index in [0.717, 1.165) is 26.2 Å². The van der Waals surface area contributed by atoms with Crippen LogP contribution in [0.15, 0.2) is 46.9 Å². The van der Waals surface area contributed by atoms with Crippen molar-refractivity contribution in [2.75, 3.05) is 23.7 Å². The fraction of sp³-hybridized carbons (Fsp3) is 0.364. The molecule has 0 aliphatic heterocycles. The maximum Gasteiger partial charge on any atom is 0.244 e. The Hall–Kier alpha value is -2.10. The van der Waals surface area contributed by atoms with Gasteiger partial charge in [-0.2, -0.15) is 0 Å². The molecule has 0 saturated carbocycles. The summed E-state index contributed by atoms with van der Waals surface area (Å²) in [6.45, 7) is 5.32. The Kier molecular flexibility index (Phi) is 9.12. The number of anilines is 1. The highest BCUT2D eigenvalue weighted by molar-refractivity contribution is 9.10. The number of hydrogen-bond donors (Lipinski definition) is 1. The van der Waals surface area contributed by atoms with Crippen LogP contribution in [0.2, 0.25) is 5.02 Å². The van der Waals surface area contributed by atoms with Gasteiger partial charge in [-0.25, -0.2) is 8.42 Å². The molecule has 0 aliphatic carbocycles. The van der Waals surface area contributed by atoms with Crippen LogP contribution < -0.4 is 9.62 Å². The molecule has 0 bridgehead atoms. The van der Waals surface area contributed by atoms with E-state index in [0.29, 0.717) is 11.6 Å². The van der Waals surface area contributed by atoms with Gasteiger partial charge in [0.15, 0.2) is 0 Å². The number of benzene rings is 2. The molecule has 174 valence electrons. The molecule has 7 nitrogen and oxygen atoms in total. The Balaban J connectivity index is 2.39. The lowest BCUT2D eigenvalue weighted by Gasteiger charge is -2.31. The molecule has 0 heterocycles. The first kappa shape index (κ1) is 26.2. The Morgan fingerprint density at radius 3 is 2.31 bits per heavy atom. The summed E-state index contributed by atoms with van der Waals surface area (Å²) in [6.07, 6.45) is 1.03. The average Bonchev–Trinajstić information content (AvgIpc) is 2.72. The summed E-state index contributed by atoms with van der Waals surface area (Å²) < 4.78 is 26.9. The molecule has 32 heavy (non-hydrogen) atoms. The molecule has 1 N–H and O–H groups in total. The number of likely N-dealkylation sites (N-methyl/N-ethyl adjacent to an activating group) is 1. The van der Waals surface area contributed by atoms with Crippen molar-refractivity contribution in [2.24, 2.45) is 0 Å². The highest BCUT2D eigenvalue weighted by Gasteiger charge is 2.30. The van der Waals surface area contributed by atoms with Crippen LogP contribution in [0.5, 0.6) is 0 Å². The van der Waals surface area contributed by atoms with Gasteiger partial charge in [-0.3, -0.25) is 13.9 Å². The molecule has 2 aromatic rings. The van der Waals surface area contributed by atoms with Crippen molar-refractivity contribution in [3.63, 3.8) is 0 Å². The van der Waals surface area contributed by atoms with E-state index in [1.807, 2.05) is 24.3 Å². The van der Waals surface area contributed by atoms with Crippen molar-refractivity contribution in [2.45, 2.75) is 33.4 Å². The number of nitrogens with one attached hydrogen (secondary N) is 1. The van der Waals surface area contributed by atoms with Gasteiger partial charge in [0.1, 0.15) is 12.6 Å². The van der Waals surface area contributed by atoms with Crippen LogP contribution in [-0.4, -0.2) is 50.5 Å². The molecule has 0 unspecified atom stereocenters. The highest BCUT2D eigenvalue weighted by atomic mass is 79.9. The Morgan fingerprint density at radius 2 is 1.78 bits per heavy atom. The SMILES string of the molecule is CCNC(=O)[C@@H](C)N(Cc1ccc(Br)cc1)C(=O)CN(c1ccc(C)c(Cl)c1)S(C)(=O)=O. The van der Waals surface area contributed by atoms with Crippen LogP contribution >= 0.6 is 27.5 Å². The number of amides is 2. The Labute approximate surface area is 202 Å². The molecule has 2 amide bonds. The lowest BCUT2D eigenvalue weighted by molar-refractivity contribution is -0.139. The molecule has 2 rings (SSSR count). The van der Waals surface area contributed by atoms with Crippen LogP contribution in [0.3, 0.4) is 0 Å². The predicted molar refractivity (Wildman–Crippen MR) is 131 cm³/mol. The molecule has 2 aromatic carbocycles. The van der Waals surface area contributed by atoms with E-state index in [2.05, 4.69) is 21.2 Å². The third-order valence-electron chi connectivity index (χ3n) is 4.91. The Bertz CT molecular complexity index is 1080. The monoisotopic (exact) mass is 543 g/mol. The van der Waals surface area contributed by atoms with Crippen LogP contribution in [0.4, 0.5) is 5.69 Å². The zero-order valence-corrected chi connectivity index (χ0v) is 21.6. The quantitative estimate of drug-likeness (QED) is 0.521. The van der Waals surface area contributed by atoms with Crippen LogP contribution in [0.25, 0.3) is 0 Å². The fourth-order valence-electron chi connectivity index (χ4n) is 3.04. The van der Waals surface area contributed by atoms with Gasteiger partial charge in [-0.15, -0.1) is 0 Å². The fourth-order valence-corrected chi connectivity index (χ4v) is 4.32. The molecule has 1 atom stereocenters. The second kappa shape index (κ2) is 11.2. The molecular formula is C22H27BrClN3O4S. The zero-order chi connectivity index (χ0) is 24.1. The standard InChI is InChI=1S/C22H27BrClN3O4S/c1-5-25-22(29)16(3)26(13-17-7-9-18(23)10-8-17)21(28)14-27(32(4,30)31)19-11-6-15(2)20(24)12-19/h6-12,16H,5,13-14H2,1-4H3,(H,25,29)/t16-/m1/s1. The summed E-state index contributed by atoms with van der Waals surface area (Å²) in [6, 6.07) is 11.4. The first-order valence-corrected chi connectivity index (χ1v) is 13.0. The molecule has 10 heteroatoms. The topological polar surface area (TPSA) is 86.8 Å². The van der Waals surface area contributed by atoms with E-state index in [1.165, 1.54) is 11.0 Å². The minimum Gasteiger partial charge on any atom is -0.355 e. The number of hydrogen-bond acceptors (Lipinski definition) is 4. The zero-order valence-electron chi connectivity index (χ0n) is 18.4. The van der Waals surface area contributed by atoms with E-state index >= 15 is 0 Å². The summed E-state index contributed by atoms with van der Waals surface area (Å²) in [5.74, 6) is -0.823. The van der Waals surface area contributed by atoms with Gasteiger partial charge in [-0.1, -0.05) is 45.7 Å². The molecule has 0 radical (unpaired) electrons. The highest BCUT2D eigenvalue weighted by Crippen LogP contribution is 2.25. The van der Waals surface area contributed by atoms with E-state index in [1.54, 1.807) is 32.9 Å². The van der Waals surface area contributed by atoms with Crippen LogP contribution in [-0.2, 0) is 26.2 Å². The summed E-state index contributed by atoms with van der Waals surface area (Å²) in [5, 5.41) is 3.11. The van der Waals surface area contributed by atoms with Crippen molar-refractivity contribution >= 4 is 55.1 Å². The van der Waals surface area contributed by atoms with Gasteiger partial charge < -0.3 is 10.2 Å². The smallest absolute Gasteiger partial charge is 0.244 e. The van der Waals surface area contributed by atoms with Gasteiger partial charge in [0.05, 0.1) is 11.9 Å². The van der Waals surface area contributed by atoms with E-state index < -0.39 is 28.5 Å². The lowest BCUT2D eigenvalue weighted by atomic mass is 10.1. The predicted octanol–water partition coefficient (Wildman–Crippen LogP) is 3.73. The minimum atomic E-state index is -3.79. The Morgan fingerprint density at radius 1 is 1.16 bits per heavy atom.